The van der Waals surface area contributed by atoms with Gasteiger partial charge in [0.15, 0.2) is 44.0 Å². The minimum atomic E-state index is -2.39. The van der Waals surface area contributed by atoms with Crippen molar-refractivity contribution >= 4 is 11.8 Å². The molecule has 488 valence electrons. The molecule has 38 nitrogen and oxygen atoms in total. The number of rotatable bonds is 21. The molecule has 84 heavy (non-hydrogen) atoms. The van der Waals surface area contributed by atoms with E-state index in [-0.39, 0.29) is 0 Å². The summed E-state index contributed by atoms with van der Waals surface area (Å²) in [6.45, 7) is -4.99. The number of amides is 2. The van der Waals surface area contributed by atoms with Gasteiger partial charge in [0.2, 0.25) is 11.8 Å². The lowest BCUT2D eigenvalue weighted by atomic mass is 9.94. The third kappa shape index (κ3) is 14.7. The van der Waals surface area contributed by atoms with Crippen LogP contribution in [0.1, 0.15) is 13.8 Å². The monoisotopic (exact) mass is 1230 g/mol. The first-order valence-electron chi connectivity index (χ1n) is 26.6. The van der Waals surface area contributed by atoms with Gasteiger partial charge in [-0.05, 0) is 0 Å². The number of hydrogen-bond donors (Lipinski definition) is 23. The normalized spacial score (nSPS) is 50.3. The summed E-state index contributed by atoms with van der Waals surface area (Å²) in [7, 11) is 0. The Bertz CT molecular complexity index is 2060. The molecule has 0 aromatic heterocycles. The third-order valence-electron chi connectivity index (χ3n) is 15.3. The lowest BCUT2D eigenvalue weighted by Gasteiger charge is -2.50. The molecule has 0 bridgehead atoms. The molecule has 0 aromatic rings. The molecule has 7 aliphatic rings. The van der Waals surface area contributed by atoms with Gasteiger partial charge in [-0.3, -0.25) is 9.59 Å². The summed E-state index contributed by atoms with van der Waals surface area (Å²) in [6, 6.07) is -3.39. The molecule has 0 unspecified atom stereocenters. The molecular formula is C46H78N2O36. The molecule has 2 amide bonds. The second kappa shape index (κ2) is 29.9. The van der Waals surface area contributed by atoms with Gasteiger partial charge in [-0.15, -0.1) is 0 Å². The van der Waals surface area contributed by atoms with Crippen LogP contribution in [0.2, 0.25) is 0 Å². The van der Waals surface area contributed by atoms with E-state index in [0.29, 0.717) is 0 Å². The summed E-state index contributed by atoms with van der Waals surface area (Å²) < 4.78 is 74.2. The maximum atomic E-state index is 12.7. The number of nitrogens with one attached hydrogen (secondary N) is 2. The van der Waals surface area contributed by atoms with E-state index in [0.717, 1.165) is 13.8 Å². The van der Waals surface area contributed by atoms with Crippen LogP contribution in [0, 0.1) is 0 Å². The predicted octanol–water partition coefficient (Wildman–Crippen LogP) is -16.0. The van der Waals surface area contributed by atoms with E-state index in [9.17, 15) is 117 Å². The van der Waals surface area contributed by atoms with E-state index >= 15 is 0 Å². The number of hydrogen-bond acceptors (Lipinski definition) is 36. The summed E-state index contributed by atoms with van der Waals surface area (Å²) in [6.07, 6.45) is -65.4. The van der Waals surface area contributed by atoms with Crippen molar-refractivity contribution in [2.75, 3.05) is 46.2 Å². The molecule has 23 N–H and O–H groups in total. The Hall–Kier alpha value is -2.42. The van der Waals surface area contributed by atoms with Gasteiger partial charge in [-0.2, -0.15) is 0 Å². The van der Waals surface area contributed by atoms with Crippen molar-refractivity contribution in [1.82, 2.24) is 10.6 Å². The van der Waals surface area contributed by atoms with Gasteiger partial charge in [-0.1, -0.05) is 0 Å². The van der Waals surface area contributed by atoms with Crippen molar-refractivity contribution in [2.45, 2.75) is 229 Å². The molecule has 38 heteroatoms. The van der Waals surface area contributed by atoms with Gasteiger partial charge in [0.25, 0.3) is 0 Å². The Labute approximate surface area is 475 Å². The van der Waals surface area contributed by atoms with Crippen LogP contribution in [0.25, 0.3) is 0 Å². The SMILES string of the molecule is CC(=O)N[C@@H]1[C@@H](O)[C@H](O[C@@H]2O[C@H](CO)[C@@H](O[C@@H]3O[C@H](CO[C@H]4O[C@H](CO)[C@@H](O)[C@H](O[C@H]5O[C@H](CO)[C@@H](O)[C@H](O)[C@@H]5O)[C@@H]4O)[C@@H](O)[C@H](O[C@H]4O[C@H](CO)[C@@H](O)[C@H](O[C@H]5O[C@H](CO)[C@@H](O)[C@H](O)[C@@H]5O)[C@@H]4O)[C@@H]3O)[C@H](O)[C@H]2NC(C)=O)[C@@H](CO)O[C@H]1O. The average Bonchev–Trinajstić information content (AvgIpc) is 2.89. The van der Waals surface area contributed by atoms with Crippen LogP contribution in [0.4, 0.5) is 0 Å². The van der Waals surface area contributed by atoms with Crippen molar-refractivity contribution in [3.63, 3.8) is 0 Å². The molecule has 7 rings (SSSR count). The van der Waals surface area contributed by atoms with Gasteiger partial charge >= 0.3 is 0 Å². The van der Waals surface area contributed by atoms with E-state index in [1.165, 1.54) is 0 Å². The first-order chi connectivity index (χ1) is 39.7. The van der Waals surface area contributed by atoms with Crippen LogP contribution in [0.3, 0.4) is 0 Å². The highest BCUT2D eigenvalue weighted by molar-refractivity contribution is 5.73. The van der Waals surface area contributed by atoms with Crippen LogP contribution in [0.15, 0.2) is 0 Å². The molecule has 0 saturated carbocycles. The summed E-state index contributed by atoms with van der Waals surface area (Å²) in [5.41, 5.74) is 0. The van der Waals surface area contributed by atoms with Crippen LogP contribution in [-0.4, -0.2) is 380 Å². The van der Waals surface area contributed by atoms with Crippen molar-refractivity contribution in [3.05, 3.63) is 0 Å². The minimum absolute atomic E-state index is 0.742. The highest BCUT2D eigenvalue weighted by Gasteiger charge is 2.58. The second-order valence-corrected chi connectivity index (χ2v) is 21.1. The van der Waals surface area contributed by atoms with Gasteiger partial charge < -0.3 is 179 Å². The van der Waals surface area contributed by atoms with Crippen molar-refractivity contribution < 1.29 is 178 Å². The second-order valence-electron chi connectivity index (χ2n) is 21.1. The molecule has 0 radical (unpaired) electrons. The lowest BCUT2D eigenvalue weighted by molar-refractivity contribution is -0.393. The fourth-order valence-electron chi connectivity index (χ4n) is 10.7. The molecule has 0 aliphatic carbocycles. The standard InChI is InChI=1S/C46H78N2O36/c1-10(55)47-19-26(62)35(16(7-53)73-40(19)71)80-41-20(48-11(2)56)27(63)36(17(8-54)78-41)81-46-34(70)39(84-45-33(69)38(24(60)15(6-52)77-45)83-44-31(67)29(65)22(58)13(4-50)76-44)25(61)18(79-46)9-72-42-32(68)37(23(59)14(5-51)74-42)82-43-30(66)28(64)21(57)12(3-49)75-43/h12-46,49-54,57-71H,3-9H2,1-2H3,(H,47,55)(H,48,56)/t12-,13-,14-,15-,16-,17-,18-,19-,20-,21-,22-,23-,24-,25-,26-,27-,28+,29+,30+,31+,32+,33+,34+,35-,36-,37+,38+,39+,40-,41+,42+,43-,44-,45-,46+/m1/s1. The van der Waals surface area contributed by atoms with E-state index in [4.69, 9.17) is 61.6 Å². The van der Waals surface area contributed by atoms with Crippen LogP contribution < -0.4 is 10.6 Å². The van der Waals surface area contributed by atoms with E-state index in [1.54, 1.807) is 0 Å². The largest absolute Gasteiger partial charge is 0.394 e. The molecule has 7 aliphatic heterocycles. The number of ether oxygens (including phenoxy) is 13. The topological polar surface area (TPSA) is 603 Å². The molecule has 35 atom stereocenters. The van der Waals surface area contributed by atoms with Crippen molar-refractivity contribution in [2.24, 2.45) is 0 Å². The fraction of sp³-hybridized carbons (Fsp3) is 0.957. The molecule has 7 saturated heterocycles. The van der Waals surface area contributed by atoms with Gasteiger partial charge in [0.1, 0.15) is 171 Å². The van der Waals surface area contributed by atoms with Gasteiger partial charge in [-0.25, -0.2) is 0 Å². The summed E-state index contributed by atoms with van der Waals surface area (Å²) in [5.74, 6) is -1.62. The smallest absolute Gasteiger partial charge is 0.217 e. The van der Waals surface area contributed by atoms with Crippen LogP contribution in [0.5, 0.6) is 0 Å². The van der Waals surface area contributed by atoms with Crippen molar-refractivity contribution in [3.8, 4) is 0 Å². The first kappa shape index (κ1) is 69.1. The Morgan fingerprint density at radius 3 is 1.02 bits per heavy atom. The zero-order valence-electron chi connectivity index (χ0n) is 44.7. The Kier molecular flexibility index (Phi) is 24.6. The highest BCUT2D eigenvalue weighted by atomic mass is 16.8. The Balaban J connectivity index is 1.18. The minimum Gasteiger partial charge on any atom is -0.394 e. The van der Waals surface area contributed by atoms with Gasteiger partial charge in [0, 0.05) is 13.8 Å². The van der Waals surface area contributed by atoms with Gasteiger partial charge in [0.05, 0.1) is 46.2 Å². The molecular weight excluding hydrogens is 1160 g/mol. The lowest BCUT2D eigenvalue weighted by Crippen LogP contribution is -2.70. The number of carbonyl (C=O) groups is 2. The summed E-state index contributed by atoms with van der Waals surface area (Å²) in [5, 5.41) is 232. The van der Waals surface area contributed by atoms with E-state index < -0.39 is 273 Å². The number of aliphatic hydroxyl groups excluding tert-OH is 21. The summed E-state index contributed by atoms with van der Waals surface area (Å²) >= 11 is 0. The molecule has 0 spiro atoms. The number of carbonyl (C=O) groups excluding carboxylic acids is 2. The van der Waals surface area contributed by atoms with E-state index in [2.05, 4.69) is 10.6 Å². The van der Waals surface area contributed by atoms with Crippen LogP contribution in [-0.2, 0) is 71.2 Å². The number of aliphatic hydroxyl groups is 21. The molecule has 7 heterocycles. The van der Waals surface area contributed by atoms with Crippen LogP contribution >= 0.6 is 0 Å². The molecule has 0 aromatic carbocycles. The first-order valence-corrected chi connectivity index (χ1v) is 26.6. The third-order valence-corrected chi connectivity index (χ3v) is 15.3. The predicted molar refractivity (Wildman–Crippen MR) is 255 cm³/mol. The summed E-state index contributed by atoms with van der Waals surface area (Å²) in [4.78, 5) is 24.7. The maximum absolute atomic E-state index is 12.7. The quantitative estimate of drug-likeness (QED) is 0.0507. The van der Waals surface area contributed by atoms with Crippen molar-refractivity contribution in [1.29, 1.82) is 0 Å². The maximum Gasteiger partial charge on any atom is 0.217 e. The average molecular weight is 1240 g/mol. The highest BCUT2D eigenvalue weighted by Crippen LogP contribution is 2.37. The Morgan fingerprint density at radius 1 is 0.310 bits per heavy atom. The zero-order chi connectivity index (χ0) is 61.9. The molecule has 7 fully saturated rings. The zero-order valence-corrected chi connectivity index (χ0v) is 44.7. The Morgan fingerprint density at radius 2 is 0.607 bits per heavy atom. The fourth-order valence-corrected chi connectivity index (χ4v) is 10.7. The van der Waals surface area contributed by atoms with E-state index in [1.807, 2.05) is 0 Å².